The highest BCUT2D eigenvalue weighted by Crippen LogP contribution is 2.49. The molecule has 2 fully saturated rings. The number of aryl methyl sites for hydroxylation is 1. The van der Waals surface area contributed by atoms with Gasteiger partial charge in [-0.3, -0.25) is 9.59 Å². The van der Waals surface area contributed by atoms with Crippen molar-refractivity contribution in [2.45, 2.75) is 26.7 Å². The first-order chi connectivity index (χ1) is 15.4. The number of allylic oxidation sites excluding steroid dienone is 2. The van der Waals surface area contributed by atoms with Crippen LogP contribution in [-0.4, -0.2) is 40.7 Å². The minimum Gasteiger partial charge on any atom is -0.465 e. The fraction of sp³-hybridized carbons (Fsp3) is 0.360. The Morgan fingerprint density at radius 2 is 1.69 bits per heavy atom. The average Bonchev–Trinajstić information content (AvgIpc) is 3.25. The Bertz CT molecular complexity index is 1160. The van der Waals surface area contributed by atoms with Crippen molar-refractivity contribution in [3.8, 4) is 5.69 Å². The van der Waals surface area contributed by atoms with Crippen LogP contribution in [0.5, 0.6) is 0 Å². The number of rotatable bonds is 4. The quantitative estimate of drug-likeness (QED) is 0.322. The summed E-state index contributed by atoms with van der Waals surface area (Å²) < 4.78 is 6.88. The number of aromatic nitrogens is 1. The van der Waals surface area contributed by atoms with Crippen molar-refractivity contribution in [1.29, 1.82) is 0 Å². The van der Waals surface area contributed by atoms with Gasteiger partial charge in [0, 0.05) is 17.0 Å². The van der Waals surface area contributed by atoms with E-state index in [0.29, 0.717) is 11.3 Å². The molecule has 6 rings (SSSR count). The number of imide groups is 1. The first-order valence-corrected chi connectivity index (χ1v) is 10.9. The SMILES string of the molecule is COC(=O)c1ccccc1-n1c(C)cc(/C=N\N2C(=O)[C@@H]3[C@H](C2=O)[C@H]2C=C[C@H]3CC2)c1C. The summed E-state index contributed by atoms with van der Waals surface area (Å²) in [4.78, 5) is 38.2. The molecule has 7 nitrogen and oxygen atoms in total. The van der Waals surface area contributed by atoms with Gasteiger partial charge in [0.25, 0.3) is 11.8 Å². The van der Waals surface area contributed by atoms with Gasteiger partial charge >= 0.3 is 5.97 Å². The second kappa shape index (κ2) is 7.58. The fourth-order valence-electron chi connectivity index (χ4n) is 5.53. The third kappa shape index (κ3) is 2.95. The molecule has 1 saturated heterocycles. The lowest BCUT2D eigenvalue weighted by Gasteiger charge is -2.37. The maximum absolute atomic E-state index is 13.0. The number of hydrogen-bond donors (Lipinski definition) is 0. The predicted octanol–water partition coefficient (Wildman–Crippen LogP) is 3.41. The van der Waals surface area contributed by atoms with Crippen molar-refractivity contribution in [1.82, 2.24) is 9.58 Å². The average molecular weight is 431 g/mol. The van der Waals surface area contributed by atoms with E-state index in [-0.39, 0.29) is 35.5 Å². The number of carbonyl (C=O) groups is 3. The molecular formula is C25H25N3O4. The third-order valence-corrected chi connectivity index (χ3v) is 7.07. The molecular weight excluding hydrogens is 406 g/mol. The van der Waals surface area contributed by atoms with Crippen molar-refractivity contribution in [3.05, 3.63) is 65.0 Å². The first kappa shape index (κ1) is 20.4. The monoisotopic (exact) mass is 431 g/mol. The van der Waals surface area contributed by atoms with Gasteiger partial charge in [0.2, 0.25) is 0 Å². The van der Waals surface area contributed by atoms with Crippen LogP contribution >= 0.6 is 0 Å². The number of ether oxygens (including phenoxy) is 1. The zero-order chi connectivity index (χ0) is 22.6. The molecule has 7 heteroatoms. The molecule has 0 spiro atoms. The van der Waals surface area contributed by atoms with Crippen molar-refractivity contribution >= 4 is 24.0 Å². The molecule has 1 saturated carbocycles. The minimum absolute atomic E-state index is 0.140. The standard InChI is InChI=1S/C25H25N3O4/c1-14-12-18(15(2)27(14)20-7-5-4-6-19(20)25(31)32-3)13-26-28-23(29)21-16-8-9-17(11-10-16)22(21)24(28)30/h4-9,12-13,16-17,21-22H,10-11H2,1-3H3/b26-13-/t16-,17-,21-,22+/m0/s1. The van der Waals surface area contributed by atoms with Crippen LogP contribution in [0.15, 0.2) is 47.6 Å². The summed E-state index contributed by atoms with van der Waals surface area (Å²) in [6.45, 7) is 3.85. The van der Waals surface area contributed by atoms with Crippen molar-refractivity contribution in [2.75, 3.05) is 7.11 Å². The van der Waals surface area contributed by atoms with Gasteiger partial charge in [-0.2, -0.15) is 10.1 Å². The maximum atomic E-state index is 13.0. The lowest BCUT2D eigenvalue weighted by Crippen LogP contribution is -2.38. The fourth-order valence-corrected chi connectivity index (χ4v) is 5.53. The Balaban J connectivity index is 1.47. The van der Waals surface area contributed by atoms with E-state index in [9.17, 15) is 14.4 Å². The van der Waals surface area contributed by atoms with E-state index in [1.165, 1.54) is 7.11 Å². The number of hydrazone groups is 1. The zero-order valence-electron chi connectivity index (χ0n) is 18.3. The summed E-state index contributed by atoms with van der Waals surface area (Å²) in [7, 11) is 1.36. The van der Waals surface area contributed by atoms with Crippen LogP contribution in [0.25, 0.3) is 5.69 Å². The van der Waals surface area contributed by atoms with E-state index in [2.05, 4.69) is 17.3 Å². The van der Waals surface area contributed by atoms with Crippen LogP contribution in [-0.2, 0) is 14.3 Å². The zero-order valence-corrected chi connectivity index (χ0v) is 18.3. The number of esters is 1. The molecule has 1 aromatic carbocycles. The summed E-state index contributed by atoms with van der Waals surface area (Å²) in [6, 6.07) is 9.15. The molecule has 0 unspecified atom stereocenters. The number of hydrogen-bond acceptors (Lipinski definition) is 5. The van der Waals surface area contributed by atoms with Crippen molar-refractivity contribution < 1.29 is 19.1 Å². The van der Waals surface area contributed by atoms with E-state index >= 15 is 0 Å². The lowest BCUT2D eigenvalue weighted by molar-refractivity contribution is -0.140. The van der Waals surface area contributed by atoms with Gasteiger partial charge in [-0.05, 0) is 56.7 Å². The number of methoxy groups -OCH3 is 1. The second-order valence-electron chi connectivity index (χ2n) is 8.74. The van der Waals surface area contributed by atoms with Crippen molar-refractivity contribution in [2.24, 2.45) is 28.8 Å². The normalized spacial score (nSPS) is 26.3. The molecule has 2 heterocycles. The molecule has 164 valence electrons. The summed E-state index contributed by atoms with van der Waals surface area (Å²) in [5.74, 6) is -1.07. The van der Waals surface area contributed by atoms with Gasteiger partial charge in [-0.25, -0.2) is 4.79 Å². The topological polar surface area (TPSA) is 81.0 Å². The number of para-hydroxylation sites is 1. The van der Waals surface area contributed by atoms with Crippen LogP contribution < -0.4 is 0 Å². The van der Waals surface area contributed by atoms with Gasteiger partial charge < -0.3 is 9.30 Å². The van der Waals surface area contributed by atoms with Crippen LogP contribution in [0.4, 0.5) is 0 Å². The van der Waals surface area contributed by atoms with Gasteiger partial charge in [-0.15, -0.1) is 0 Å². The number of benzene rings is 1. The molecule has 0 N–H and O–H groups in total. The van der Waals surface area contributed by atoms with Gasteiger partial charge in [0.05, 0.1) is 36.4 Å². The van der Waals surface area contributed by atoms with Crippen molar-refractivity contribution in [3.63, 3.8) is 0 Å². The van der Waals surface area contributed by atoms with Crippen LogP contribution in [0.1, 0.15) is 40.2 Å². The molecule has 1 aromatic heterocycles. The van der Waals surface area contributed by atoms with E-state index in [0.717, 1.165) is 34.8 Å². The first-order valence-electron chi connectivity index (χ1n) is 10.9. The van der Waals surface area contributed by atoms with Gasteiger partial charge in [-0.1, -0.05) is 24.3 Å². The van der Waals surface area contributed by atoms with Gasteiger partial charge in [0.1, 0.15) is 0 Å². The Hall–Kier alpha value is -3.48. The third-order valence-electron chi connectivity index (χ3n) is 7.07. The second-order valence-corrected chi connectivity index (χ2v) is 8.74. The van der Waals surface area contributed by atoms with Crippen LogP contribution in [0, 0.1) is 37.5 Å². The van der Waals surface area contributed by atoms with E-state index in [4.69, 9.17) is 4.74 Å². The minimum atomic E-state index is -0.414. The predicted molar refractivity (Wildman–Crippen MR) is 118 cm³/mol. The summed E-state index contributed by atoms with van der Waals surface area (Å²) in [5, 5.41) is 5.41. The molecule has 2 amide bonds. The summed E-state index contributed by atoms with van der Waals surface area (Å²) in [5.41, 5.74) is 3.68. The molecule has 32 heavy (non-hydrogen) atoms. The Labute approximate surface area is 186 Å². The van der Waals surface area contributed by atoms with Crippen LogP contribution in [0.3, 0.4) is 0 Å². The Morgan fingerprint density at radius 1 is 1.06 bits per heavy atom. The van der Waals surface area contributed by atoms with E-state index < -0.39 is 5.97 Å². The molecule has 2 bridgehead atoms. The molecule has 0 radical (unpaired) electrons. The lowest BCUT2D eigenvalue weighted by atomic mass is 9.63. The Morgan fingerprint density at radius 3 is 2.28 bits per heavy atom. The number of nitrogens with zero attached hydrogens (tertiary/aromatic N) is 3. The molecule has 3 aliphatic carbocycles. The smallest absolute Gasteiger partial charge is 0.339 e. The maximum Gasteiger partial charge on any atom is 0.339 e. The highest BCUT2D eigenvalue weighted by molar-refractivity contribution is 6.06. The van der Waals surface area contributed by atoms with Gasteiger partial charge in [0.15, 0.2) is 0 Å². The highest BCUT2D eigenvalue weighted by atomic mass is 16.5. The molecule has 4 atom stereocenters. The highest BCUT2D eigenvalue weighted by Gasteiger charge is 2.56. The number of carbonyl (C=O) groups excluding carboxylic acids is 3. The van der Waals surface area contributed by atoms with E-state index in [1.54, 1.807) is 18.3 Å². The van der Waals surface area contributed by atoms with E-state index in [1.807, 2.05) is 36.6 Å². The molecule has 1 aliphatic heterocycles. The molecule has 2 aromatic rings. The summed E-state index contributed by atoms with van der Waals surface area (Å²) >= 11 is 0. The van der Waals surface area contributed by atoms with Crippen LogP contribution in [0.2, 0.25) is 0 Å². The summed E-state index contributed by atoms with van der Waals surface area (Å²) in [6.07, 6.45) is 7.68. The molecule has 4 aliphatic rings. The number of amides is 2. The largest absolute Gasteiger partial charge is 0.465 e. The number of fused-ring (bicyclic) bond motifs is 1. The Kier molecular flexibility index (Phi) is 4.84.